The van der Waals surface area contributed by atoms with Crippen molar-refractivity contribution in [2.75, 3.05) is 11.9 Å². The molecule has 0 aromatic carbocycles. The number of rotatable bonds is 5. The van der Waals surface area contributed by atoms with E-state index in [1.54, 1.807) is 0 Å². The monoisotopic (exact) mass is 406 g/mol. The third-order valence-corrected chi connectivity index (χ3v) is 4.46. The number of esters is 1. The van der Waals surface area contributed by atoms with Gasteiger partial charge in [-0.3, -0.25) is 14.3 Å². The van der Waals surface area contributed by atoms with Gasteiger partial charge in [0.2, 0.25) is 5.88 Å². The summed E-state index contributed by atoms with van der Waals surface area (Å²) in [5.74, 6) is -0.835. The fraction of sp³-hybridized carbons (Fsp3) is 0.375. The van der Waals surface area contributed by atoms with Gasteiger partial charge in [0, 0.05) is 13.0 Å². The Bertz CT molecular complexity index is 1050. The van der Waals surface area contributed by atoms with E-state index in [-0.39, 0.29) is 35.5 Å². The standard InChI is InChI=1S/C16H18N6O7/c1-6(23)28-3-8-11(25)12(26)16(29-8)22-5-19-10-13(17-4-18-14(10)22)20-7-2-9(24)21-15(7)27/h2,4-5,8,11-12,16,21,24-27H,3H2,1H3,(H,17,18,20)/t8-,11?,12?,16-/m1/s1. The molecule has 13 nitrogen and oxygen atoms in total. The SMILES string of the molecule is CC(=O)OC[C@H]1O[C@@H](n2cnc3c(Nc4cc(O)[nH]c4O)ncnc32)C(O)C1O. The second-order valence-electron chi connectivity index (χ2n) is 6.44. The van der Waals surface area contributed by atoms with Crippen molar-refractivity contribution in [1.29, 1.82) is 0 Å². The van der Waals surface area contributed by atoms with Crippen LogP contribution in [0.15, 0.2) is 18.7 Å². The van der Waals surface area contributed by atoms with Crippen LogP contribution in [0.25, 0.3) is 11.2 Å². The van der Waals surface area contributed by atoms with E-state index in [1.165, 1.54) is 30.2 Å². The molecular weight excluding hydrogens is 388 g/mol. The van der Waals surface area contributed by atoms with Gasteiger partial charge in [0.15, 0.2) is 29.1 Å². The van der Waals surface area contributed by atoms with Crippen molar-refractivity contribution in [1.82, 2.24) is 24.5 Å². The minimum atomic E-state index is -1.31. The lowest BCUT2D eigenvalue weighted by atomic mass is 10.1. The number of carbonyl (C=O) groups excluding carboxylic acids is 1. The summed E-state index contributed by atoms with van der Waals surface area (Å²) >= 11 is 0. The summed E-state index contributed by atoms with van der Waals surface area (Å²) in [6.45, 7) is 1.01. The van der Waals surface area contributed by atoms with Gasteiger partial charge >= 0.3 is 5.97 Å². The van der Waals surface area contributed by atoms with Crippen molar-refractivity contribution >= 4 is 28.6 Å². The van der Waals surface area contributed by atoms with E-state index in [0.717, 1.165) is 0 Å². The van der Waals surface area contributed by atoms with Crippen LogP contribution in [0.3, 0.4) is 0 Å². The Morgan fingerprint density at radius 1 is 1.31 bits per heavy atom. The Morgan fingerprint density at radius 2 is 2.10 bits per heavy atom. The Kier molecular flexibility index (Phi) is 4.70. The number of imidazole rings is 1. The molecule has 1 aliphatic heterocycles. The Morgan fingerprint density at radius 3 is 2.79 bits per heavy atom. The number of carbonyl (C=O) groups is 1. The van der Waals surface area contributed by atoms with Crippen molar-refractivity contribution < 1.29 is 34.7 Å². The molecule has 0 aliphatic carbocycles. The molecule has 1 fully saturated rings. The average molecular weight is 406 g/mol. The number of aromatic nitrogens is 5. The van der Waals surface area contributed by atoms with Crippen molar-refractivity contribution in [3.05, 3.63) is 18.7 Å². The van der Waals surface area contributed by atoms with Crippen molar-refractivity contribution in [3.63, 3.8) is 0 Å². The summed E-state index contributed by atoms with van der Waals surface area (Å²) in [5.41, 5.74) is 0.749. The first-order valence-corrected chi connectivity index (χ1v) is 8.55. The number of aromatic hydroxyl groups is 2. The van der Waals surface area contributed by atoms with E-state index in [0.29, 0.717) is 5.52 Å². The predicted molar refractivity (Wildman–Crippen MR) is 95.3 cm³/mol. The summed E-state index contributed by atoms with van der Waals surface area (Å²) in [5, 5.41) is 42.6. The normalized spacial score (nSPS) is 24.1. The number of aliphatic hydroxyl groups is 2. The molecule has 1 saturated heterocycles. The molecule has 0 saturated carbocycles. The van der Waals surface area contributed by atoms with Crippen LogP contribution in [0.5, 0.6) is 11.8 Å². The highest BCUT2D eigenvalue weighted by molar-refractivity contribution is 5.86. The Hall–Kier alpha value is -3.42. The molecule has 3 aromatic heterocycles. The summed E-state index contributed by atoms with van der Waals surface area (Å²) in [6, 6.07) is 1.26. The minimum Gasteiger partial charge on any atom is -0.494 e. The Balaban J connectivity index is 1.62. The number of aromatic amines is 1. The van der Waals surface area contributed by atoms with Gasteiger partial charge < -0.3 is 35.2 Å². The van der Waals surface area contributed by atoms with Crippen LogP contribution < -0.4 is 5.32 Å². The van der Waals surface area contributed by atoms with E-state index < -0.39 is 30.5 Å². The highest BCUT2D eigenvalue weighted by atomic mass is 16.6. The van der Waals surface area contributed by atoms with E-state index in [4.69, 9.17) is 9.47 Å². The van der Waals surface area contributed by atoms with E-state index >= 15 is 0 Å². The van der Waals surface area contributed by atoms with E-state index in [1.807, 2.05) is 0 Å². The number of nitrogens with one attached hydrogen (secondary N) is 2. The topological polar surface area (TPSA) is 188 Å². The fourth-order valence-electron chi connectivity index (χ4n) is 3.08. The first-order chi connectivity index (χ1) is 13.8. The van der Waals surface area contributed by atoms with Crippen LogP contribution in [0.4, 0.5) is 11.5 Å². The molecule has 2 unspecified atom stereocenters. The van der Waals surface area contributed by atoms with Gasteiger partial charge in [-0.05, 0) is 0 Å². The zero-order valence-corrected chi connectivity index (χ0v) is 15.1. The molecule has 29 heavy (non-hydrogen) atoms. The van der Waals surface area contributed by atoms with Gasteiger partial charge in [-0.1, -0.05) is 0 Å². The second kappa shape index (κ2) is 7.20. The molecule has 0 spiro atoms. The maximum atomic E-state index is 11.0. The number of fused-ring (bicyclic) bond motifs is 1. The summed E-state index contributed by atoms with van der Waals surface area (Å²) in [7, 11) is 0. The highest BCUT2D eigenvalue weighted by Gasteiger charge is 2.44. The molecule has 154 valence electrons. The van der Waals surface area contributed by atoms with Crippen LogP contribution >= 0.6 is 0 Å². The molecule has 1 aliphatic rings. The largest absolute Gasteiger partial charge is 0.494 e. The quantitative estimate of drug-likeness (QED) is 0.299. The molecule has 4 heterocycles. The molecule has 3 aromatic rings. The van der Waals surface area contributed by atoms with Crippen molar-refractivity contribution in [2.24, 2.45) is 0 Å². The number of anilines is 2. The molecule has 0 radical (unpaired) electrons. The molecule has 13 heteroatoms. The summed E-state index contributed by atoms with van der Waals surface area (Å²) in [6.07, 6.45) is -1.95. The number of ether oxygens (including phenoxy) is 2. The zero-order valence-electron chi connectivity index (χ0n) is 15.1. The van der Waals surface area contributed by atoms with Gasteiger partial charge in [-0.25, -0.2) is 15.0 Å². The minimum absolute atomic E-state index is 0.172. The van der Waals surface area contributed by atoms with Crippen LogP contribution in [-0.4, -0.2) is 75.8 Å². The van der Waals surface area contributed by atoms with Crippen LogP contribution in [0.2, 0.25) is 0 Å². The van der Waals surface area contributed by atoms with Crippen LogP contribution in [0.1, 0.15) is 13.2 Å². The summed E-state index contributed by atoms with van der Waals surface area (Å²) < 4.78 is 11.9. The molecule has 0 amide bonds. The van der Waals surface area contributed by atoms with E-state index in [2.05, 4.69) is 25.3 Å². The van der Waals surface area contributed by atoms with Gasteiger partial charge in [-0.15, -0.1) is 0 Å². The van der Waals surface area contributed by atoms with Crippen LogP contribution in [-0.2, 0) is 14.3 Å². The van der Waals surface area contributed by atoms with Gasteiger partial charge in [0.1, 0.15) is 36.9 Å². The molecule has 4 rings (SSSR count). The number of hydrogen-bond donors (Lipinski definition) is 6. The lowest BCUT2D eigenvalue weighted by Crippen LogP contribution is -2.34. The van der Waals surface area contributed by atoms with E-state index in [9.17, 15) is 25.2 Å². The molecular formula is C16H18N6O7. The van der Waals surface area contributed by atoms with Crippen molar-refractivity contribution in [2.45, 2.75) is 31.5 Å². The molecule has 6 N–H and O–H groups in total. The molecule has 4 atom stereocenters. The first kappa shape index (κ1) is 18.9. The van der Waals surface area contributed by atoms with Crippen molar-refractivity contribution in [3.8, 4) is 11.8 Å². The van der Waals surface area contributed by atoms with Crippen LogP contribution in [0, 0.1) is 0 Å². The van der Waals surface area contributed by atoms with Gasteiger partial charge in [0.25, 0.3) is 0 Å². The molecule has 0 bridgehead atoms. The smallest absolute Gasteiger partial charge is 0.302 e. The Labute approximate surface area is 162 Å². The zero-order chi connectivity index (χ0) is 20.7. The third-order valence-electron chi connectivity index (χ3n) is 4.46. The number of nitrogens with zero attached hydrogens (tertiary/aromatic N) is 4. The number of hydrogen-bond acceptors (Lipinski definition) is 11. The highest BCUT2D eigenvalue weighted by Crippen LogP contribution is 2.34. The maximum Gasteiger partial charge on any atom is 0.302 e. The fourth-order valence-corrected chi connectivity index (χ4v) is 3.08. The lowest BCUT2D eigenvalue weighted by molar-refractivity contribution is -0.147. The summed E-state index contributed by atoms with van der Waals surface area (Å²) in [4.78, 5) is 25.8. The second-order valence-corrected chi connectivity index (χ2v) is 6.44. The number of H-pyrrole nitrogens is 1. The predicted octanol–water partition coefficient (Wildman–Crippen LogP) is -0.509. The first-order valence-electron chi connectivity index (χ1n) is 8.55. The number of aliphatic hydroxyl groups excluding tert-OH is 2. The van der Waals surface area contributed by atoms with Gasteiger partial charge in [0.05, 0.1) is 6.33 Å². The maximum absolute atomic E-state index is 11.0. The average Bonchev–Trinajstić information content (AvgIpc) is 3.31. The lowest BCUT2D eigenvalue weighted by Gasteiger charge is -2.16. The van der Waals surface area contributed by atoms with Gasteiger partial charge in [-0.2, -0.15) is 0 Å². The third kappa shape index (κ3) is 3.41.